The average Bonchev–Trinajstić information content (AvgIpc) is 3.42. The van der Waals surface area contributed by atoms with Gasteiger partial charge in [-0.15, -0.1) is 5.10 Å². The first-order valence-corrected chi connectivity index (χ1v) is 8.78. The number of carboxylic acid groups (broad SMARTS) is 2. The van der Waals surface area contributed by atoms with Gasteiger partial charge in [-0.25, -0.2) is 14.3 Å². The van der Waals surface area contributed by atoms with Gasteiger partial charge in [0.25, 0.3) is 0 Å². The molecule has 0 aliphatic heterocycles. The lowest BCUT2D eigenvalue weighted by atomic mass is 10.1. The van der Waals surface area contributed by atoms with Crippen molar-refractivity contribution in [2.75, 3.05) is 0 Å². The van der Waals surface area contributed by atoms with E-state index in [9.17, 15) is 9.59 Å². The molecule has 152 valence electrons. The molecule has 2 heterocycles. The standard InChI is InChI=1S/2C10H9N3O2/c1-7-2-3-9(8(6-7)10(14)15)13-5-4-11-12-13;1-7-2-3-9(8(6-7)10(14)15)13-11-4-5-12-13/h2*2-6H,1H3,(H,14,15). The predicted octanol–water partition coefficient (Wildman–Crippen LogP) is 2.55. The molecule has 0 spiro atoms. The number of aromatic carboxylic acids is 2. The number of rotatable bonds is 4. The van der Waals surface area contributed by atoms with Crippen LogP contribution in [-0.4, -0.2) is 52.1 Å². The highest BCUT2D eigenvalue weighted by atomic mass is 16.4. The first kappa shape index (κ1) is 20.4. The van der Waals surface area contributed by atoms with E-state index in [4.69, 9.17) is 10.2 Å². The van der Waals surface area contributed by atoms with Gasteiger partial charge >= 0.3 is 11.9 Å². The molecule has 4 rings (SSSR count). The molecule has 2 aromatic heterocycles. The summed E-state index contributed by atoms with van der Waals surface area (Å²) in [5.41, 5.74) is 3.20. The van der Waals surface area contributed by atoms with Crippen LogP contribution in [0.3, 0.4) is 0 Å². The van der Waals surface area contributed by atoms with Crippen LogP contribution in [0.1, 0.15) is 31.8 Å². The Morgan fingerprint density at radius 1 is 0.800 bits per heavy atom. The van der Waals surface area contributed by atoms with Gasteiger partial charge in [-0.2, -0.15) is 15.0 Å². The summed E-state index contributed by atoms with van der Waals surface area (Å²) in [5, 5.41) is 33.3. The zero-order valence-corrected chi connectivity index (χ0v) is 16.2. The van der Waals surface area contributed by atoms with E-state index < -0.39 is 11.9 Å². The fourth-order valence-corrected chi connectivity index (χ4v) is 2.69. The molecule has 0 saturated heterocycles. The van der Waals surface area contributed by atoms with Crippen LogP contribution in [0.25, 0.3) is 11.4 Å². The van der Waals surface area contributed by atoms with Gasteiger partial charge in [-0.1, -0.05) is 28.5 Å². The van der Waals surface area contributed by atoms with Crippen molar-refractivity contribution in [2.45, 2.75) is 13.8 Å². The number of aryl methyl sites for hydroxylation is 2. The lowest BCUT2D eigenvalue weighted by molar-refractivity contribution is 0.0685. The topological polar surface area (TPSA) is 136 Å². The highest BCUT2D eigenvalue weighted by Crippen LogP contribution is 2.16. The largest absolute Gasteiger partial charge is 0.478 e. The number of hydrogen-bond donors (Lipinski definition) is 2. The first-order valence-electron chi connectivity index (χ1n) is 8.78. The summed E-state index contributed by atoms with van der Waals surface area (Å²) in [6, 6.07) is 10.3. The molecule has 0 amide bonds. The van der Waals surface area contributed by atoms with Crippen molar-refractivity contribution in [3.8, 4) is 11.4 Å². The summed E-state index contributed by atoms with van der Waals surface area (Å²) in [6.45, 7) is 3.68. The molecule has 10 heteroatoms. The molecule has 4 aromatic rings. The lowest BCUT2D eigenvalue weighted by Crippen LogP contribution is -2.08. The summed E-state index contributed by atoms with van der Waals surface area (Å²) in [5.74, 6) is -1.95. The zero-order chi connectivity index (χ0) is 21.7. The summed E-state index contributed by atoms with van der Waals surface area (Å²) in [7, 11) is 0. The third-order valence-electron chi connectivity index (χ3n) is 4.07. The smallest absolute Gasteiger partial charge is 0.337 e. The van der Waals surface area contributed by atoms with Crippen LogP contribution in [0, 0.1) is 13.8 Å². The summed E-state index contributed by atoms with van der Waals surface area (Å²) < 4.78 is 1.43. The van der Waals surface area contributed by atoms with E-state index in [-0.39, 0.29) is 11.1 Å². The van der Waals surface area contributed by atoms with Crippen molar-refractivity contribution in [1.29, 1.82) is 0 Å². The second-order valence-electron chi connectivity index (χ2n) is 6.32. The average molecular weight is 406 g/mol. The fraction of sp³-hybridized carbons (Fsp3) is 0.100. The predicted molar refractivity (Wildman–Crippen MR) is 106 cm³/mol. The molecule has 0 radical (unpaired) electrons. The third-order valence-corrected chi connectivity index (χ3v) is 4.07. The van der Waals surface area contributed by atoms with Crippen LogP contribution in [0.2, 0.25) is 0 Å². The highest BCUT2D eigenvalue weighted by molar-refractivity contribution is 5.92. The van der Waals surface area contributed by atoms with Crippen LogP contribution in [0.4, 0.5) is 0 Å². The molecular formula is C20H18N6O4. The Kier molecular flexibility index (Phi) is 5.97. The summed E-state index contributed by atoms with van der Waals surface area (Å²) in [4.78, 5) is 23.3. The van der Waals surface area contributed by atoms with Crippen molar-refractivity contribution in [3.63, 3.8) is 0 Å². The minimum absolute atomic E-state index is 0.200. The highest BCUT2D eigenvalue weighted by Gasteiger charge is 2.13. The second-order valence-corrected chi connectivity index (χ2v) is 6.32. The van der Waals surface area contributed by atoms with E-state index >= 15 is 0 Å². The lowest BCUT2D eigenvalue weighted by Gasteiger charge is -2.05. The van der Waals surface area contributed by atoms with Crippen LogP contribution >= 0.6 is 0 Å². The van der Waals surface area contributed by atoms with Crippen LogP contribution < -0.4 is 0 Å². The Morgan fingerprint density at radius 3 is 1.83 bits per heavy atom. The molecule has 30 heavy (non-hydrogen) atoms. The minimum atomic E-state index is -0.981. The van der Waals surface area contributed by atoms with E-state index in [2.05, 4.69) is 20.5 Å². The van der Waals surface area contributed by atoms with Crippen molar-refractivity contribution in [1.82, 2.24) is 30.0 Å². The molecule has 0 saturated carbocycles. The Balaban J connectivity index is 0.000000171. The first-order chi connectivity index (χ1) is 14.4. The maximum Gasteiger partial charge on any atom is 0.337 e. The molecule has 2 N–H and O–H groups in total. The van der Waals surface area contributed by atoms with Crippen molar-refractivity contribution in [3.05, 3.63) is 83.4 Å². The molecule has 0 aliphatic carbocycles. The number of benzene rings is 2. The second kappa shape index (κ2) is 8.78. The van der Waals surface area contributed by atoms with Gasteiger partial charge in [0.1, 0.15) is 5.69 Å². The SMILES string of the molecule is Cc1ccc(-n2ccnn2)c(C(=O)O)c1.Cc1ccc(-n2nccn2)c(C(=O)O)c1. The molecule has 0 fully saturated rings. The van der Waals surface area contributed by atoms with E-state index in [0.717, 1.165) is 11.1 Å². The normalized spacial score (nSPS) is 10.2. The molecule has 0 aliphatic rings. The maximum atomic E-state index is 11.0. The summed E-state index contributed by atoms with van der Waals surface area (Å²) in [6.07, 6.45) is 6.12. The van der Waals surface area contributed by atoms with Crippen molar-refractivity contribution in [2.24, 2.45) is 0 Å². The van der Waals surface area contributed by atoms with Crippen LogP contribution in [0.15, 0.2) is 61.2 Å². The zero-order valence-electron chi connectivity index (χ0n) is 16.2. The molecule has 10 nitrogen and oxygen atoms in total. The van der Waals surface area contributed by atoms with Gasteiger partial charge in [0.2, 0.25) is 0 Å². The fourth-order valence-electron chi connectivity index (χ4n) is 2.69. The molecule has 0 atom stereocenters. The number of aromatic nitrogens is 6. The molecule has 0 bridgehead atoms. The van der Waals surface area contributed by atoms with Crippen LogP contribution in [0.5, 0.6) is 0 Å². The summed E-state index contributed by atoms with van der Waals surface area (Å²) >= 11 is 0. The monoisotopic (exact) mass is 406 g/mol. The molecule has 2 aromatic carbocycles. The van der Waals surface area contributed by atoms with Gasteiger partial charge in [-0.05, 0) is 38.1 Å². The Morgan fingerprint density at radius 2 is 1.33 bits per heavy atom. The van der Waals surface area contributed by atoms with E-state index in [0.29, 0.717) is 11.4 Å². The Hall–Kier alpha value is -4.34. The van der Waals surface area contributed by atoms with Gasteiger partial charge in [0.05, 0.1) is 41.6 Å². The number of nitrogens with zero attached hydrogens (tertiary/aromatic N) is 6. The third kappa shape index (κ3) is 4.55. The molecular weight excluding hydrogens is 388 g/mol. The van der Waals surface area contributed by atoms with E-state index in [1.54, 1.807) is 30.5 Å². The van der Waals surface area contributed by atoms with Gasteiger partial charge in [0, 0.05) is 0 Å². The van der Waals surface area contributed by atoms with Crippen molar-refractivity contribution < 1.29 is 19.8 Å². The Bertz CT molecular complexity index is 1080. The van der Waals surface area contributed by atoms with Gasteiger partial charge in [-0.3, -0.25) is 0 Å². The Labute approximate surface area is 171 Å². The van der Waals surface area contributed by atoms with Crippen LogP contribution in [-0.2, 0) is 0 Å². The quantitative estimate of drug-likeness (QED) is 0.528. The number of hydrogen-bond acceptors (Lipinski definition) is 6. The number of carbonyl (C=O) groups is 2. The van der Waals surface area contributed by atoms with Gasteiger partial charge < -0.3 is 10.2 Å². The van der Waals surface area contributed by atoms with Crippen molar-refractivity contribution >= 4 is 11.9 Å². The van der Waals surface area contributed by atoms with Gasteiger partial charge in [0.15, 0.2) is 0 Å². The van der Waals surface area contributed by atoms with E-state index in [1.807, 2.05) is 26.0 Å². The molecule has 0 unspecified atom stereocenters. The maximum absolute atomic E-state index is 11.0. The minimum Gasteiger partial charge on any atom is -0.478 e. The van der Waals surface area contributed by atoms with E-state index in [1.165, 1.54) is 28.1 Å². The number of carboxylic acids is 2.